The standard InChI is InChI=1S/C12H8.Sb/c1-3-7-11(8-4-1)12-9-5-2-6-10-12;/h1-7,9H;. The molecule has 0 unspecified atom stereocenters. The van der Waals surface area contributed by atoms with Crippen molar-refractivity contribution in [2.75, 3.05) is 0 Å². The van der Waals surface area contributed by atoms with Gasteiger partial charge in [0.1, 0.15) is 0 Å². The van der Waals surface area contributed by atoms with Gasteiger partial charge in [0.05, 0.1) is 0 Å². The van der Waals surface area contributed by atoms with E-state index in [2.05, 4.69) is 48.5 Å². The van der Waals surface area contributed by atoms with E-state index in [-0.39, 0.29) is 21.6 Å². The van der Waals surface area contributed by atoms with Crippen LogP contribution in [0.5, 0.6) is 0 Å². The summed E-state index contributed by atoms with van der Waals surface area (Å²) >= 11 is -0.261. The van der Waals surface area contributed by atoms with Gasteiger partial charge in [-0.2, -0.15) is 0 Å². The molecule has 0 amide bonds. The molecule has 2 aromatic rings. The number of benzene rings is 2. The molecule has 0 N–H and O–H groups in total. The van der Waals surface area contributed by atoms with Gasteiger partial charge in [-0.1, -0.05) is 0 Å². The van der Waals surface area contributed by atoms with Gasteiger partial charge in [0.25, 0.3) is 0 Å². The second-order valence-corrected chi connectivity index (χ2v) is 6.53. The summed E-state index contributed by atoms with van der Waals surface area (Å²) in [7, 11) is 0. The van der Waals surface area contributed by atoms with Crippen LogP contribution in [0.4, 0.5) is 0 Å². The fourth-order valence-corrected chi connectivity index (χ4v) is 5.19. The third kappa shape index (κ3) is 1.13. The van der Waals surface area contributed by atoms with E-state index >= 15 is 0 Å². The first-order chi connectivity index (χ1) is 6.45. The second-order valence-electron chi connectivity index (χ2n) is 3.15. The molecule has 0 saturated heterocycles. The van der Waals surface area contributed by atoms with Crippen LogP contribution in [0.25, 0.3) is 11.1 Å². The number of fused-ring (bicyclic) bond motifs is 3. The minimum absolute atomic E-state index is 0.261. The van der Waals surface area contributed by atoms with Crippen molar-refractivity contribution in [3.63, 3.8) is 0 Å². The van der Waals surface area contributed by atoms with Gasteiger partial charge in [-0.25, -0.2) is 0 Å². The van der Waals surface area contributed by atoms with Crippen LogP contribution in [0.15, 0.2) is 48.5 Å². The van der Waals surface area contributed by atoms with E-state index < -0.39 is 0 Å². The number of hydrogen-bond acceptors (Lipinski definition) is 0. The monoisotopic (exact) mass is 273 g/mol. The van der Waals surface area contributed by atoms with E-state index in [1.165, 1.54) is 11.1 Å². The van der Waals surface area contributed by atoms with Crippen molar-refractivity contribution in [2.24, 2.45) is 0 Å². The summed E-state index contributed by atoms with van der Waals surface area (Å²) in [4.78, 5) is 0. The van der Waals surface area contributed by atoms with Crippen molar-refractivity contribution in [3.8, 4) is 11.1 Å². The molecule has 0 atom stereocenters. The van der Waals surface area contributed by atoms with Crippen LogP contribution in [0, 0.1) is 0 Å². The summed E-state index contributed by atoms with van der Waals surface area (Å²) in [5.41, 5.74) is 2.96. The van der Waals surface area contributed by atoms with Crippen molar-refractivity contribution >= 4 is 28.6 Å². The molecule has 0 spiro atoms. The Labute approximate surface area is 88.1 Å². The van der Waals surface area contributed by atoms with Crippen LogP contribution >= 0.6 is 0 Å². The van der Waals surface area contributed by atoms with Crippen molar-refractivity contribution in [1.29, 1.82) is 0 Å². The van der Waals surface area contributed by atoms with E-state index in [0.717, 1.165) is 0 Å². The molecule has 0 saturated carbocycles. The van der Waals surface area contributed by atoms with Crippen LogP contribution in [0.3, 0.4) is 0 Å². The Hall–Kier alpha value is -0.742. The third-order valence-corrected chi connectivity index (χ3v) is 5.94. The summed E-state index contributed by atoms with van der Waals surface area (Å²) in [6, 6.07) is 17.6. The Kier molecular flexibility index (Phi) is 1.70. The molecule has 2 aromatic carbocycles. The van der Waals surface area contributed by atoms with E-state index in [1.54, 1.807) is 7.02 Å². The van der Waals surface area contributed by atoms with Gasteiger partial charge in [0.2, 0.25) is 0 Å². The molecule has 0 bridgehead atoms. The number of hydrogen-bond donors (Lipinski definition) is 0. The summed E-state index contributed by atoms with van der Waals surface area (Å²) in [5.74, 6) is 0. The summed E-state index contributed by atoms with van der Waals surface area (Å²) in [6.45, 7) is 0. The molecule has 3 rings (SSSR count). The molecule has 0 aliphatic carbocycles. The predicted molar refractivity (Wildman–Crippen MR) is 56.9 cm³/mol. The van der Waals surface area contributed by atoms with Gasteiger partial charge >= 0.3 is 88.3 Å². The van der Waals surface area contributed by atoms with Gasteiger partial charge in [-0.15, -0.1) is 0 Å². The quantitative estimate of drug-likeness (QED) is 0.542. The molecule has 0 fully saturated rings. The van der Waals surface area contributed by atoms with E-state index in [1.807, 2.05) is 0 Å². The van der Waals surface area contributed by atoms with E-state index in [9.17, 15) is 0 Å². The third-order valence-electron chi connectivity index (χ3n) is 2.34. The zero-order valence-electron chi connectivity index (χ0n) is 7.07. The zero-order chi connectivity index (χ0) is 8.67. The van der Waals surface area contributed by atoms with Crippen molar-refractivity contribution in [2.45, 2.75) is 0 Å². The number of rotatable bonds is 0. The Morgan fingerprint density at radius 1 is 0.615 bits per heavy atom. The second kappa shape index (κ2) is 2.89. The summed E-state index contributed by atoms with van der Waals surface area (Å²) in [5, 5.41) is 0. The van der Waals surface area contributed by atoms with Crippen LogP contribution in [-0.2, 0) is 0 Å². The van der Waals surface area contributed by atoms with Crippen LogP contribution in [-0.4, -0.2) is 21.6 Å². The van der Waals surface area contributed by atoms with Gasteiger partial charge < -0.3 is 0 Å². The Bertz CT molecular complexity index is 417. The Morgan fingerprint density at radius 2 is 1.08 bits per heavy atom. The fraction of sp³-hybridized carbons (Fsp3) is 0. The maximum absolute atomic E-state index is 2.28. The topological polar surface area (TPSA) is 0 Å². The first kappa shape index (κ1) is 7.64. The van der Waals surface area contributed by atoms with Crippen molar-refractivity contribution in [1.82, 2.24) is 0 Å². The Balaban J connectivity index is 2.32. The van der Waals surface area contributed by atoms with E-state index in [4.69, 9.17) is 0 Å². The van der Waals surface area contributed by atoms with Gasteiger partial charge in [-0.05, 0) is 0 Å². The molecule has 61 valence electrons. The minimum atomic E-state index is -0.261. The van der Waals surface area contributed by atoms with Crippen LogP contribution in [0.1, 0.15) is 0 Å². The maximum atomic E-state index is 2.28. The molecular formula is C12H8Sb. The van der Waals surface area contributed by atoms with Crippen molar-refractivity contribution in [3.05, 3.63) is 48.5 Å². The van der Waals surface area contributed by atoms with Gasteiger partial charge in [0.15, 0.2) is 0 Å². The zero-order valence-corrected chi connectivity index (χ0v) is 9.62. The Morgan fingerprint density at radius 3 is 1.62 bits per heavy atom. The average Bonchev–Trinajstić information content (AvgIpc) is 2.56. The SMILES string of the molecule is c1ccc2[c](c1)[Sb][c]1ccccc1-2. The first-order valence-corrected chi connectivity index (χ1v) is 6.90. The molecule has 1 radical (unpaired) electrons. The predicted octanol–water partition coefficient (Wildman–Crippen LogP) is 1.32. The average molecular weight is 274 g/mol. The molecular weight excluding hydrogens is 266 g/mol. The van der Waals surface area contributed by atoms with E-state index in [0.29, 0.717) is 0 Å². The fourth-order valence-electron chi connectivity index (χ4n) is 1.73. The molecule has 13 heavy (non-hydrogen) atoms. The van der Waals surface area contributed by atoms with Gasteiger partial charge in [-0.3, -0.25) is 0 Å². The van der Waals surface area contributed by atoms with Crippen molar-refractivity contribution < 1.29 is 0 Å². The molecule has 0 nitrogen and oxygen atoms in total. The van der Waals surface area contributed by atoms with Gasteiger partial charge in [0, 0.05) is 0 Å². The molecule has 1 aliphatic rings. The molecule has 1 heterocycles. The first-order valence-electron chi connectivity index (χ1n) is 4.35. The molecule has 1 aliphatic heterocycles. The molecule has 1 heteroatoms. The van der Waals surface area contributed by atoms with Crippen LogP contribution in [0.2, 0.25) is 0 Å². The normalized spacial score (nSPS) is 12.3. The van der Waals surface area contributed by atoms with Crippen LogP contribution < -0.4 is 7.02 Å². The molecule has 0 aromatic heterocycles. The summed E-state index contributed by atoms with van der Waals surface area (Å²) in [6.07, 6.45) is 0. The summed E-state index contributed by atoms with van der Waals surface area (Å²) < 4.78 is 3.22.